The van der Waals surface area contributed by atoms with Gasteiger partial charge >= 0.3 is 6.18 Å². The van der Waals surface area contributed by atoms with Crippen LogP contribution in [-0.4, -0.2) is 12.1 Å². The Bertz CT molecular complexity index is 772. The molecule has 108 valence electrons. The van der Waals surface area contributed by atoms with Gasteiger partial charge in [-0.1, -0.05) is 18.2 Å². The summed E-state index contributed by atoms with van der Waals surface area (Å²) in [5.41, 5.74) is 0.379. The molecule has 0 fully saturated rings. The molecule has 0 amide bonds. The molecule has 0 atom stereocenters. The van der Waals surface area contributed by atoms with E-state index in [-0.39, 0.29) is 11.1 Å². The van der Waals surface area contributed by atoms with Gasteiger partial charge in [0.15, 0.2) is 0 Å². The maximum Gasteiger partial charge on any atom is 0.419 e. The van der Waals surface area contributed by atoms with Crippen LogP contribution in [0.4, 0.5) is 13.2 Å². The Morgan fingerprint density at radius 2 is 1.62 bits per heavy atom. The SMILES string of the molecule is COc1ccc(-c2[nH]c3ccccc3c2C(F)(F)F)cc1. The molecular formula is C16H12F3NO. The van der Waals surface area contributed by atoms with Gasteiger partial charge in [0.05, 0.1) is 18.4 Å². The third-order valence-electron chi connectivity index (χ3n) is 3.37. The lowest BCUT2D eigenvalue weighted by Gasteiger charge is -2.09. The Morgan fingerprint density at radius 3 is 2.24 bits per heavy atom. The van der Waals surface area contributed by atoms with Crippen LogP contribution in [0, 0.1) is 0 Å². The van der Waals surface area contributed by atoms with Crippen molar-refractivity contribution in [3.63, 3.8) is 0 Å². The Labute approximate surface area is 119 Å². The summed E-state index contributed by atoms with van der Waals surface area (Å²) in [7, 11) is 1.51. The molecule has 3 rings (SSSR count). The molecule has 0 saturated carbocycles. The smallest absolute Gasteiger partial charge is 0.419 e. The maximum absolute atomic E-state index is 13.4. The number of nitrogens with one attached hydrogen (secondary N) is 1. The van der Waals surface area contributed by atoms with Crippen molar-refractivity contribution in [3.8, 4) is 17.0 Å². The molecule has 1 N–H and O–H groups in total. The van der Waals surface area contributed by atoms with E-state index in [1.165, 1.54) is 13.2 Å². The number of aromatic amines is 1. The molecule has 5 heteroatoms. The van der Waals surface area contributed by atoms with E-state index in [2.05, 4.69) is 4.98 Å². The summed E-state index contributed by atoms with van der Waals surface area (Å²) < 4.78 is 45.2. The van der Waals surface area contributed by atoms with Gasteiger partial charge in [0, 0.05) is 10.9 Å². The summed E-state index contributed by atoms with van der Waals surface area (Å²) in [5.74, 6) is 0.600. The number of ether oxygens (including phenoxy) is 1. The third-order valence-corrected chi connectivity index (χ3v) is 3.37. The summed E-state index contributed by atoms with van der Waals surface area (Å²) >= 11 is 0. The molecule has 1 heterocycles. The number of fused-ring (bicyclic) bond motifs is 1. The molecule has 3 aromatic rings. The number of aromatic nitrogens is 1. The minimum atomic E-state index is -4.42. The van der Waals surface area contributed by atoms with Crippen molar-refractivity contribution in [2.24, 2.45) is 0 Å². The number of halogens is 3. The summed E-state index contributed by atoms with van der Waals surface area (Å²) in [5, 5.41) is 0.177. The van der Waals surface area contributed by atoms with Crippen molar-refractivity contribution in [1.82, 2.24) is 4.98 Å². The van der Waals surface area contributed by atoms with Crippen LogP contribution in [0.2, 0.25) is 0 Å². The van der Waals surface area contributed by atoms with Gasteiger partial charge in [-0.25, -0.2) is 0 Å². The summed E-state index contributed by atoms with van der Waals surface area (Å²) in [6, 6.07) is 12.9. The van der Waals surface area contributed by atoms with Crippen molar-refractivity contribution >= 4 is 10.9 Å². The lowest BCUT2D eigenvalue weighted by atomic mass is 10.0. The zero-order valence-corrected chi connectivity index (χ0v) is 11.2. The number of H-pyrrole nitrogens is 1. The van der Waals surface area contributed by atoms with Crippen molar-refractivity contribution in [2.75, 3.05) is 7.11 Å². The number of hydrogen-bond acceptors (Lipinski definition) is 1. The second-order valence-electron chi connectivity index (χ2n) is 4.65. The number of alkyl halides is 3. The monoisotopic (exact) mass is 291 g/mol. The van der Waals surface area contributed by atoms with Gasteiger partial charge in [0.1, 0.15) is 5.75 Å². The summed E-state index contributed by atoms with van der Waals surface area (Å²) in [6.45, 7) is 0. The molecule has 0 bridgehead atoms. The zero-order chi connectivity index (χ0) is 15.0. The largest absolute Gasteiger partial charge is 0.497 e. The second-order valence-corrected chi connectivity index (χ2v) is 4.65. The van der Waals surface area contributed by atoms with Crippen molar-refractivity contribution in [1.29, 1.82) is 0 Å². The third kappa shape index (κ3) is 2.35. The van der Waals surface area contributed by atoms with Crippen LogP contribution in [0.15, 0.2) is 48.5 Å². The summed E-state index contributed by atoms with van der Waals surface area (Å²) in [6.07, 6.45) is -4.42. The first-order valence-electron chi connectivity index (χ1n) is 6.33. The van der Waals surface area contributed by atoms with E-state index in [1.54, 1.807) is 42.5 Å². The zero-order valence-electron chi connectivity index (χ0n) is 11.2. The fraction of sp³-hybridized carbons (Fsp3) is 0.125. The van der Waals surface area contributed by atoms with Crippen LogP contribution >= 0.6 is 0 Å². The maximum atomic E-state index is 13.4. The molecule has 2 nitrogen and oxygen atoms in total. The minimum absolute atomic E-state index is 0.0753. The molecule has 0 aliphatic heterocycles. The van der Waals surface area contributed by atoms with Crippen molar-refractivity contribution in [2.45, 2.75) is 6.18 Å². The topological polar surface area (TPSA) is 25.0 Å². The van der Waals surface area contributed by atoms with Gasteiger partial charge in [-0.05, 0) is 35.9 Å². The van der Waals surface area contributed by atoms with Crippen LogP contribution in [0.1, 0.15) is 5.56 Å². The molecule has 0 aliphatic rings. The summed E-state index contributed by atoms with van der Waals surface area (Å²) in [4.78, 5) is 2.86. The van der Waals surface area contributed by atoms with E-state index in [1.807, 2.05) is 0 Å². The van der Waals surface area contributed by atoms with Gasteiger partial charge in [0.2, 0.25) is 0 Å². The first-order valence-corrected chi connectivity index (χ1v) is 6.33. The van der Waals surface area contributed by atoms with E-state index < -0.39 is 11.7 Å². The predicted octanol–water partition coefficient (Wildman–Crippen LogP) is 4.86. The van der Waals surface area contributed by atoms with Gasteiger partial charge in [-0.3, -0.25) is 0 Å². The fourth-order valence-corrected chi connectivity index (χ4v) is 2.41. The van der Waals surface area contributed by atoms with Crippen LogP contribution < -0.4 is 4.74 Å². The Kier molecular flexibility index (Phi) is 3.12. The first-order chi connectivity index (χ1) is 10.0. The number of hydrogen-bond donors (Lipinski definition) is 1. The van der Waals surface area contributed by atoms with E-state index >= 15 is 0 Å². The number of methoxy groups -OCH3 is 1. The van der Waals surface area contributed by atoms with Gasteiger partial charge in [0.25, 0.3) is 0 Å². The van der Waals surface area contributed by atoms with Gasteiger partial charge in [-0.2, -0.15) is 13.2 Å². The molecule has 0 unspecified atom stereocenters. The van der Waals surface area contributed by atoms with Crippen LogP contribution in [0.5, 0.6) is 5.75 Å². The Hall–Kier alpha value is -2.43. The molecule has 0 aliphatic carbocycles. The van der Waals surface area contributed by atoms with Gasteiger partial charge in [-0.15, -0.1) is 0 Å². The molecule has 0 radical (unpaired) electrons. The van der Waals surface area contributed by atoms with Crippen molar-refractivity contribution < 1.29 is 17.9 Å². The Balaban J connectivity index is 2.25. The number of para-hydroxylation sites is 1. The van der Waals surface area contributed by atoms with E-state index in [0.29, 0.717) is 16.8 Å². The first kappa shape index (κ1) is 13.5. The lowest BCUT2D eigenvalue weighted by molar-refractivity contribution is -0.135. The standard InChI is InChI=1S/C16H12F3NO/c1-21-11-8-6-10(7-9-11)15-14(16(17,18)19)12-4-2-3-5-13(12)20-15/h2-9,20H,1H3. The molecule has 21 heavy (non-hydrogen) atoms. The molecule has 0 spiro atoms. The van der Waals surface area contributed by atoms with E-state index in [0.717, 1.165) is 0 Å². The van der Waals surface area contributed by atoms with Crippen LogP contribution in [0.3, 0.4) is 0 Å². The van der Waals surface area contributed by atoms with Crippen molar-refractivity contribution in [3.05, 3.63) is 54.1 Å². The van der Waals surface area contributed by atoms with Gasteiger partial charge < -0.3 is 9.72 Å². The Morgan fingerprint density at radius 1 is 0.952 bits per heavy atom. The second kappa shape index (κ2) is 4.84. The quantitative estimate of drug-likeness (QED) is 0.716. The average molecular weight is 291 g/mol. The highest BCUT2D eigenvalue weighted by Gasteiger charge is 2.37. The highest BCUT2D eigenvalue weighted by molar-refractivity contribution is 5.91. The van der Waals surface area contributed by atoms with E-state index in [9.17, 15) is 13.2 Å². The number of benzene rings is 2. The molecular weight excluding hydrogens is 279 g/mol. The average Bonchev–Trinajstić information content (AvgIpc) is 2.86. The normalized spacial score (nSPS) is 11.8. The van der Waals surface area contributed by atoms with Crippen LogP contribution in [-0.2, 0) is 6.18 Å². The molecule has 0 saturated heterocycles. The highest BCUT2D eigenvalue weighted by Crippen LogP contribution is 2.41. The van der Waals surface area contributed by atoms with E-state index in [4.69, 9.17) is 4.74 Å². The lowest BCUT2D eigenvalue weighted by Crippen LogP contribution is -2.05. The van der Waals surface area contributed by atoms with Crippen LogP contribution in [0.25, 0.3) is 22.2 Å². The predicted molar refractivity (Wildman–Crippen MR) is 75.3 cm³/mol. The fourth-order valence-electron chi connectivity index (χ4n) is 2.41. The highest BCUT2D eigenvalue weighted by atomic mass is 19.4. The molecule has 1 aromatic heterocycles. The number of rotatable bonds is 2. The minimum Gasteiger partial charge on any atom is -0.497 e. The molecule has 2 aromatic carbocycles.